The third-order valence-electron chi connectivity index (χ3n) is 4.25. The fourth-order valence-corrected chi connectivity index (χ4v) is 2.98. The molecule has 0 aliphatic rings. The fourth-order valence-electron chi connectivity index (χ4n) is 2.80. The molecule has 0 spiro atoms. The van der Waals surface area contributed by atoms with Gasteiger partial charge >= 0.3 is 0 Å². The lowest BCUT2D eigenvalue weighted by atomic mass is 10.1. The van der Waals surface area contributed by atoms with Crippen molar-refractivity contribution in [3.05, 3.63) is 82.6 Å². The van der Waals surface area contributed by atoms with Gasteiger partial charge in [-0.15, -0.1) is 0 Å². The van der Waals surface area contributed by atoms with Crippen LogP contribution < -0.4 is 19.5 Å². The fraction of sp³-hybridized carbons (Fsp3) is 0.174. The van der Waals surface area contributed by atoms with E-state index in [0.717, 1.165) is 0 Å². The van der Waals surface area contributed by atoms with Crippen molar-refractivity contribution in [3.8, 4) is 17.2 Å². The van der Waals surface area contributed by atoms with Gasteiger partial charge in [-0.3, -0.25) is 4.79 Å². The summed E-state index contributed by atoms with van der Waals surface area (Å²) in [6, 6.07) is 16.4. The molecule has 30 heavy (non-hydrogen) atoms. The first-order valence-electron chi connectivity index (χ1n) is 9.29. The predicted octanol–water partition coefficient (Wildman–Crippen LogP) is 5.72. The standard InChI is InChI=1S/C23H21ClFNO4/c1-3-29-20-11-8-15(23(27)26-17-9-10-19(25)18(24)13-17)12-16(20)14-30-22-7-5-4-6-21(22)28-2/h4-13H,3,14H2,1-2H3,(H,26,27). The van der Waals surface area contributed by atoms with Gasteiger partial charge in [-0.25, -0.2) is 4.39 Å². The lowest BCUT2D eigenvalue weighted by molar-refractivity contribution is 0.102. The normalized spacial score (nSPS) is 10.4. The second-order valence-corrected chi connectivity index (χ2v) is 6.69. The number of methoxy groups -OCH3 is 1. The molecule has 0 aliphatic carbocycles. The largest absolute Gasteiger partial charge is 0.493 e. The Morgan fingerprint density at radius 3 is 2.47 bits per heavy atom. The van der Waals surface area contributed by atoms with Gasteiger partial charge in [0.15, 0.2) is 11.5 Å². The monoisotopic (exact) mass is 429 g/mol. The Morgan fingerprint density at radius 2 is 1.77 bits per heavy atom. The van der Waals surface area contributed by atoms with Gasteiger partial charge in [0, 0.05) is 16.8 Å². The number of carbonyl (C=O) groups is 1. The van der Waals surface area contributed by atoms with E-state index in [-0.39, 0.29) is 17.5 Å². The number of benzene rings is 3. The van der Waals surface area contributed by atoms with Crippen molar-refractivity contribution in [2.45, 2.75) is 13.5 Å². The second kappa shape index (κ2) is 9.98. The molecule has 3 aromatic carbocycles. The zero-order chi connectivity index (χ0) is 21.5. The number of hydrogen-bond donors (Lipinski definition) is 1. The summed E-state index contributed by atoms with van der Waals surface area (Å²) in [6.45, 7) is 2.53. The molecule has 0 heterocycles. The van der Waals surface area contributed by atoms with Gasteiger partial charge < -0.3 is 19.5 Å². The highest BCUT2D eigenvalue weighted by Gasteiger charge is 2.13. The van der Waals surface area contributed by atoms with Crippen LogP contribution in [-0.2, 0) is 6.61 Å². The zero-order valence-corrected chi connectivity index (χ0v) is 17.3. The summed E-state index contributed by atoms with van der Waals surface area (Å²) in [5.41, 5.74) is 1.50. The van der Waals surface area contributed by atoms with Crippen LogP contribution >= 0.6 is 11.6 Å². The van der Waals surface area contributed by atoms with Crippen LogP contribution in [0.15, 0.2) is 60.7 Å². The smallest absolute Gasteiger partial charge is 0.255 e. The number of anilines is 1. The maximum absolute atomic E-state index is 13.3. The van der Waals surface area contributed by atoms with E-state index in [1.165, 1.54) is 18.2 Å². The number of rotatable bonds is 8. The van der Waals surface area contributed by atoms with Gasteiger partial charge in [-0.1, -0.05) is 23.7 Å². The summed E-state index contributed by atoms with van der Waals surface area (Å²) < 4.78 is 30.2. The van der Waals surface area contributed by atoms with E-state index in [0.29, 0.717) is 40.7 Å². The van der Waals surface area contributed by atoms with E-state index < -0.39 is 5.82 Å². The molecule has 0 atom stereocenters. The molecule has 0 fully saturated rings. The SMILES string of the molecule is CCOc1ccc(C(=O)Nc2ccc(F)c(Cl)c2)cc1COc1ccccc1OC. The summed E-state index contributed by atoms with van der Waals surface area (Å²) in [4.78, 5) is 12.7. The van der Waals surface area contributed by atoms with Crippen LogP contribution in [0.25, 0.3) is 0 Å². The van der Waals surface area contributed by atoms with E-state index in [1.54, 1.807) is 37.4 Å². The predicted molar refractivity (Wildman–Crippen MR) is 114 cm³/mol. The van der Waals surface area contributed by atoms with Crippen LogP contribution in [0.3, 0.4) is 0 Å². The molecule has 156 valence electrons. The van der Waals surface area contributed by atoms with Crippen LogP contribution in [0.1, 0.15) is 22.8 Å². The topological polar surface area (TPSA) is 56.8 Å². The molecule has 0 bridgehead atoms. The highest BCUT2D eigenvalue weighted by molar-refractivity contribution is 6.31. The minimum atomic E-state index is -0.550. The van der Waals surface area contributed by atoms with Gasteiger partial charge in [0.25, 0.3) is 5.91 Å². The van der Waals surface area contributed by atoms with E-state index in [4.69, 9.17) is 25.8 Å². The third kappa shape index (κ3) is 5.21. The Kier molecular flexibility index (Phi) is 7.14. The highest BCUT2D eigenvalue weighted by Crippen LogP contribution is 2.29. The van der Waals surface area contributed by atoms with Crippen molar-refractivity contribution < 1.29 is 23.4 Å². The van der Waals surface area contributed by atoms with E-state index in [9.17, 15) is 9.18 Å². The molecule has 0 radical (unpaired) electrons. The summed E-state index contributed by atoms with van der Waals surface area (Å²) in [5.74, 6) is 0.898. The van der Waals surface area contributed by atoms with Crippen LogP contribution in [-0.4, -0.2) is 19.6 Å². The highest BCUT2D eigenvalue weighted by atomic mass is 35.5. The Bertz CT molecular complexity index is 1040. The molecular weight excluding hydrogens is 409 g/mol. The summed E-state index contributed by atoms with van der Waals surface area (Å²) >= 11 is 5.78. The van der Waals surface area contributed by atoms with Gasteiger partial charge in [-0.2, -0.15) is 0 Å². The van der Waals surface area contributed by atoms with Crippen molar-refractivity contribution in [2.75, 3.05) is 19.0 Å². The number of carbonyl (C=O) groups excluding carboxylic acids is 1. The lowest BCUT2D eigenvalue weighted by Crippen LogP contribution is -2.13. The average Bonchev–Trinajstić information content (AvgIpc) is 2.76. The van der Waals surface area contributed by atoms with Crippen LogP contribution in [0, 0.1) is 5.82 Å². The first-order valence-corrected chi connectivity index (χ1v) is 9.67. The molecular formula is C23H21ClFNO4. The van der Waals surface area contributed by atoms with Crippen molar-refractivity contribution in [2.24, 2.45) is 0 Å². The Hall–Kier alpha value is -3.25. The molecule has 5 nitrogen and oxygen atoms in total. The number of para-hydroxylation sites is 2. The van der Waals surface area contributed by atoms with Crippen molar-refractivity contribution in [1.82, 2.24) is 0 Å². The quantitative estimate of drug-likeness (QED) is 0.497. The molecule has 3 rings (SSSR count). The molecule has 0 unspecified atom stereocenters. The third-order valence-corrected chi connectivity index (χ3v) is 4.54. The molecule has 0 aromatic heterocycles. The van der Waals surface area contributed by atoms with Crippen molar-refractivity contribution >= 4 is 23.2 Å². The molecule has 7 heteroatoms. The van der Waals surface area contributed by atoms with Crippen LogP contribution in [0.2, 0.25) is 5.02 Å². The number of nitrogens with one attached hydrogen (secondary N) is 1. The van der Waals surface area contributed by atoms with Gasteiger partial charge in [0.05, 0.1) is 18.7 Å². The van der Waals surface area contributed by atoms with Crippen molar-refractivity contribution in [1.29, 1.82) is 0 Å². The first-order chi connectivity index (χ1) is 14.5. The lowest BCUT2D eigenvalue weighted by Gasteiger charge is -2.15. The average molecular weight is 430 g/mol. The second-order valence-electron chi connectivity index (χ2n) is 6.28. The summed E-state index contributed by atoms with van der Waals surface area (Å²) in [5, 5.41) is 2.64. The zero-order valence-electron chi connectivity index (χ0n) is 16.6. The number of ether oxygens (including phenoxy) is 3. The van der Waals surface area contributed by atoms with Gasteiger partial charge in [0.1, 0.15) is 18.2 Å². The summed E-state index contributed by atoms with van der Waals surface area (Å²) in [6.07, 6.45) is 0. The van der Waals surface area contributed by atoms with Crippen LogP contribution in [0.4, 0.5) is 10.1 Å². The van der Waals surface area contributed by atoms with E-state index >= 15 is 0 Å². The molecule has 1 N–H and O–H groups in total. The Balaban J connectivity index is 1.80. The maximum Gasteiger partial charge on any atom is 0.255 e. The Morgan fingerprint density at radius 1 is 1.00 bits per heavy atom. The minimum Gasteiger partial charge on any atom is -0.493 e. The molecule has 0 saturated heterocycles. The van der Waals surface area contributed by atoms with E-state index in [1.807, 2.05) is 19.1 Å². The summed E-state index contributed by atoms with van der Waals surface area (Å²) in [7, 11) is 1.57. The number of amides is 1. The Labute approximate surface area is 179 Å². The minimum absolute atomic E-state index is 0.0645. The van der Waals surface area contributed by atoms with Gasteiger partial charge in [0.2, 0.25) is 0 Å². The number of halogens is 2. The molecule has 0 aliphatic heterocycles. The van der Waals surface area contributed by atoms with E-state index in [2.05, 4.69) is 5.32 Å². The van der Waals surface area contributed by atoms with Crippen molar-refractivity contribution in [3.63, 3.8) is 0 Å². The molecule has 1 amide bonds. The number of hydrogen-bond acceptors (Lipinski definition) is 4. The van der Waals surface area contributed by atoms with Gasteiger partial charge in [-0.05, 0) is 55.5 Å². The van der Waals surface area contributed by atoms with Crippen LogP contribution in [0.5, 0.6) is 17.2 Å². The molecule has 0 saturated carbocycles. The maximum atomic E-state index is 13.3. The molecule has 3 aromatic rings. The first kappa shape index (κ1) is 21.5.